The van der Waals surface area contributed by atoms with Crippen LogP contribution in [0.1, 0.15) is 37.7 Å². The SMILES string of the molecule is COc1ccccc1[C@H](C)CNC(=O)N[C@H]1CC[C@@H](N(C)C)C1. The van der Waals surface area contributed by atoms with Gasteiger partial charge in [-0.3, -0.25) is 0 Å². The maximum absolute atomic E-state index is 12.1. The minimum Gasteiger partial charge on any atom is -0.496 e. The van der Waals surface area contributed by atoms with Crippen LogP contribution in [0.15, 0.2) is 24.3 Å². The highest BCUT2D eigenvalue weighted by atomic mass is 16.5. The number of benzene rings is 1. The molecule has 1 saturated carbocycles. The summed E-state index contributed by atoms with van der Waals surface area (Å²) in [6, 6.07) is 8.73. The smallest absolute Gasteiger partial charge is 0.315 e. The number of ether oxygens (including phenoxy) is 1. The van der Waals surface area contributed by atoms with E-state index in [1.165, 1.54) is 0 Å². The molecule has 1 aliphatic carbocycles. The summed E-state index contributed by atoms with van der Waals surface area (Å²) in [5, 5.41) is 6.08. The van der Waals surface area contributed by atoms with E-state index in [2.05, 4.69) is 36.6 Å². The van der Waals surface area contributed by atoms with Crippen LogP contribution in [-0.2, 0) is 0 Å². The minimum atomic E-state index is -0.0730. The maximum atomic E-state index is 12.1. The number of rotatable bonds is 6. The highest BCUT2D eigenvalue weighted by Crippen LogP contribution is 2.25. The van der Waals surface area contributed by atoms with E-state index in [1.54, 1.807) is 7.11 Å². The van der Waals surface area contributed by atoms with Crippen LogP contribution >= 0.6 is 0 Å². The zero-order valence-electron chi connectivity index (χ0n) is 14.6. The number of methoxy groups -OCH3 is 1. The molecule has 0 spiro atoms. The van der Waals surface area contributed by atoms with Gasteiger partial charge >= 0.3 is 6.03 Å². The van der Waals surface area contributed by atoms with Gasteiger partial charge < -0.3 is 20.3 Å². The Morgan fingerprint density at radius 1 is 1.35 bits per heavy atom. The van der Waals surface area contributed by atoms with E-state index in [9.17, 15) is 4.79 Å². The quantitative estimate of drug-likeness (QED) is 0.847. The standard InChI is InChI=1S/C18H29N3O2/c1-13(16-7-5-6-8-17(16)23-4)12-19-18(22)20-14-9-10-15(11-14)21(2)3/h5-8,13-15H,9-12H2,1-4H3,(H2,19,20,22)/t13-,14+,15-/m1/s1. The van der Waals surface area contributed by atoms with Gasteiger partial charge in [-0.1, -0.05) is 25.1 Å². The molecule has 0 aliphatic heterocycles. The fourth-order valence-electron chi connectivity index (χ4n) is 3.22. The molecule has 2 amide bonds. The van der Waals surface area contributed by atoms with Crippen molar-refractivity contribution in [1.82, 2.24) is 15.5 Å². The molecule has 0 radical (unpaired) electrons. The molecule has 1 aliphatic rings. The Hall–Kier alpha value is -1.75. The second kappa shape index (κ2) is 8.20. The molecule has 3 atom stereocenters. The molecule has 128 valence electrons. The molecule has 2 rings (SSSR count). The predicted octanol–water partition coefficient (Wildman–Crippen LogP) is 2.58. The fraction of sp³-hybridized carbons (Fsp3) is 0.611. The third kappa shape index (κ3) is 4.86. The lowest BCUT2D eigenvalue weighted by atomic mass is 10.0. The molecule has 0 heterocycles. The summed E-state index contributed by atoms with van der Waals surface area (Å²) >= 11 is 0. The van der Waals surface area contributed by atoms with Gasteiger partial charge in [-0.05, 0) is 45.0 Å². The molecule has 0 bridgehead atoms. The molecule has 23 heavy (non-hydrogen) atoms. The number of amides is 2. The van der Waals surface area contributed by atoms with Crippen LogP contribution in [-0.4, -0.2) is 50.8 Å². The average molecular weight is 319 g/mol. The number of hydrogen-bond acceptors (Lipinski definition) is 3. The lowest BCUT2D eigenvalue weighted by Crippen LogP contribution is -2.42. The lowest BCUT2D eigenvalue weighted by Gasteiger charge is -2.20. The van der Waals surface area contributed by atoms with Crippen LogP contribution in [0.25, 0.3) is 0 Å². The normalized spacial score (nSPS) is 22.0. The van der Waals surface area contributed by atoms with Crippen LogP contribution in [0, 0.1) is 0 Å². The maximum Gasteiger partial charge on any atom is 0.315 e. The Kier molecular flexibility index (Phi) is 6.28. The summed E-state index contributed by atoms with van der Waals surface area (Å²) in [6.45, 7) is 2.69. The highest BCUT2D eigenvalue weighted by molar-refractivity contribution is 5.74. The first-order valence-electron chi connectivity index (χ1n) is 8.35. The van der Waals surface area contributed by atoms with Gasteiger partial charge in [-0.2, -0.15) is 0 Å². The van der Waals surface area contributed by atoms with Crippen molar-refractivity contribution in [3.05, 3.63) is 29.8 Å². The summed E-state index contributed by atoms with van der Waals surface area (Å²) in [6.07, 6.45) is 3.23. The van der Waals surface area contributed by atoms with Crippen LogP contribution < -0.4 is 15.4 Å². The van der Waals surface area contributed by atoms with E-state index < -0.39 is 0 Å². The Bertz CT molecular complexity index is 519. The van der Waals surface area contributed by atoms with Crippen LogP contribution in [0.2, 0.25) is 0 Å². The Morgan fingerprint density at radius 2 is 2.09 bits per heavy atom. The summed E-state index contributed by atoms with van der Waals surface area (Å²) in [4.78, 5) is 14.3. The van der Waals surface area contributed by atoms with Gasteiger partial charge in [-0.25, -0.2) is 4.79 Å². The monoisotopic (exact) mass is 319 g/mol. The molecule has 1 aromatic rings. The molecule has 1 aromatic carbocycles. The molecule has 5 nitrogen and oxygen atoms in total. The lowest BCUT2D eigenvalue weighted by molar-refractivity contribution is 0.235. The molecule has 5 heteroatoms. The summed E-state index contributed by atoms with van der Waals surface area (Å²) < 4.78 is 5.38. The molecule has 0 unspecified atom stereocenters. The first-order chi connectivity index (χ1) is 11.0. The van der Waals surface area contributed by atoms with Crippen LogP contribution in [0.5, 0.6) is 5.75 Å². The number of carbonyl (C=O) groups excluding carboxylic acids is 1. The highest BCUT2D eigenvalue weighted by Gasteiger charge is 2.27. The number of hydrogen-bond donors (Lipinski definition) is 2. The molecule has 2 N–H and O–H groups in total. The number of para-hydroxylation sites is 1. The van der Waals surface area contributed by atoms with E-state index in [-0.39, 0.29) is 18.0 Å². The minimum absolute atomic E-state index is 0.0730. The first kappa shape index (κ1) is 17.6. The number of nitrogens with zero attached hydrogens (tertiary/aromatic N) is 1. The van der Waals surface area contributed by atoms with Crippen molar-refractivity contribution in [2.24, 2.45) is 0 Å². The van der Waals surface area contributed by atoms with Gasteiger partial charge in [0.15, 0.2) is 0 Å². The van der Waals surface area contributed by atoms with E-state index in [1.807, 2.05) is 24.3 Å². The van der Waals surface area contributed by atoms with Gasteiger partial charge in [-0.15, -0.1) is 0 Å². The zero-order valence-corrected chi connectivity index (χ0v) is 14.6. The topological polar surface area (TPSA) is 53.6 Å². The van der Waals surface area contributed by atoms with Gasteiger partial charge in [0.2, 0.25) is 0 Å². The number of urea groups is 1. The van der Waals surface area contributed by atoms with E-state index in [0.717, 1.165) is 30.6 Å². The molecular weight excluding hydrogens is 290 g/mol. The zero-order chi connectivity index (χ0) is 16.8. The Balaban J connectivity index is 1.78. The third-order valence-corrected chi connectivity index (χ3v) is 4.71. The van der Waals surface area contributed by atoms with E-state index in [4.69, 9.17) is 4.74 Å². The van der Waals surface area contributed by atoms with Crippen LogP contribution in [0.4, 0.5) is 4.79 Å². The molecule has 1 fully saturated rings. The predicted molar refractivity (Wildman–Crippen MR) is 93.1 cm³/mol. The van der Waals surface area contributed by atoms with Crippen molar-refractivity contribution >= 4 is 6.03 Å². The Labute approximate surface area is 139 Å². The average Bonchev–Trinajstić information content (AvgIpc) is 3.01. The van der Waals surface area contributed by atoms with Crippen molar-refractivity contribution in [2.75, 3.05) is 27.7 Å². The van der Waals surface area contributed by atoms with Gasteiger partial charge in [0, 0.05) is 24.5 Å². The van der Waals surface area contributed by atoms with Gasteiger partial charge in [0.25, 0.3) is 0 Å². The fourth-order valence-corrected chi connectivity index (χ4v) is 3.22. The second-order valence-corrected chi connectivity index (χ2v) is 6.62. The second-order valence-electron chi connectivity index (χ2n) is 6.62. The van der Waals surface area contributed by atoms with Crippen molar-refractivity contribution in [3.63, 3.8) is 0 Å². The first-order valence-corrected chi connectivity index (χ1v) is 8.35. The Morgan fingerprint density at radius 3 is 2.74 bits per heavy atom. The molecule has 0 saturated heterocycles. The van der Waals surface area contributed by atoms with Gasteiger partial charge in [0.05, 0.1) is 7.11 Å². The van der Waals surface area contributed by atoms with E-state index >= 15 is 0 Å². The van der Waals surface area contributed by atoms with Crippen molar-refractivity contribution < 1.29 is 9.53 Å². The summed E-state index contributed by atoms with van der Waals surface area (Å²) in [5.74, 6) is 1.07. The number of carbonyl (C=O) groups is 1. The molecule has 0 aromatic heterocycles. The van der Waals surface area contributed by atoms with Crippen molar-refractivity contribution in [3.8, 4) is 5.75 Å². The van der Waals surface area contributed by atoms with Crippen molar-refractivity contribution in [1.29, 1.82) is 0 Å². The van der Waals surface area contributed by atoms with E-state index in [0.29, 0.717) is 12.6 Å². The summed E-state index contributed by atoms with van der Waals surface area (Å²) in [7, 11) is 5.87. The summed E-state index contributed by atoms with van der Waals surface area (Å²) in [5.41, 5.74) is 1.11. The number of nitrogens with one attached hydrogen (secondary N) is 2. The third-order valence-electron chi connectivity index (χ3n) is 4.71. The van der Waals surface area contributed by atoms with Crippen molar-refractivity contribution in [2.45, 2.75) is 44.2 Å². The van der Waals surface area contributed by atoms with Crippen LogP contribution in [0.3, 0.4) is 0 Å². The van der Waals surface area contributed by atoms with Gasteiger partial charge in [0.1, 0.15) is 5.75 Å². The largest absolute Gasteiger partial charge is 0.496 e. The molecular formula is C18H29N3O2.